The van der Waals surface area contributed by atoms with Gasteiger partial charge in [-0.05, 0) is 18.3 Å². The van der Waals surface area contributed by atoms with Gasteiger partial charge in [0.05, 0.1) is 7.11 Å². The molecule has 1 heterocycles. The van der Waals surface area contributed by atoms with E-state index in [1.165, 1.54) is 0 Å². The van der Waals surface area contributed by atoms with Crippen LogP contribution in [0.2, 0.25) is 0 Å². The van der Waals surface area contributed by atoms with E-state index in [0.717, 1.165) is 7.11 Å². The third-order valence-electron chi connectivity index (χ3n) is 3.06. The van der Waals surface area contributed by atoms with Crippen molar-refractivity contribution in [1.29, 1.82) is 0 Å². The van der Waals surface area contributed by atoms with Gasteiger partial charge in [0, 0.05) is 6.61 Å². The highest BCUT2D eigenvalue weighted by molar-refractivity contribution is 5.78. The van der Waals surface area contributed by atoms with Crippen LogP contribution in [0.5, 0.6) is 0 Å². The van der Waals surface area contributed by atoms with Gasteiger partial charge in [-0.25, -0.2) is 8.78 Å². The highest BCUT2D eigenvalue weighted by Crippen LogP contribution is 2.50. The monoisotopic (exact) mass is 250 g/mol. The molecule has 0 aromatic rings. The van der Waals surface area contributed by atoms with E-state index >= 15 is 0 Å². The number of hydrogen-bond acceptors (Lipinski definition) is 3. The number of halogens is 2. The summed E-state index contributed by atoms with van der Waals surface area (Å²) in [5.41, 5.74) is -2.13. The number of hydrogen-bond donors (Lipinski definition) is 0. The molecule has 0 aromatic heterocycles. The van der Waals surface area contributed by atoms with E-state index in [9.17, 15) is 13.6 Å². The molecule has 0 bridgehead atoms. The van der Waals surface area contributed by atoms with Crippen molar-refractivity contribution in [3.63, 3.8) is 0 Å². The second-order valence-corrected chi connectivity index (χ2v) is 5.82. The molecule has 1 rings (SSSR count). The molecule has 1 aliphatic heterocycles. The minimum Gasteiger partial charge on any atom is -0.468 e. The number of carbonyl (C=O) groups is 1. The van der Waals surface area contributed by atoms with Gasteiger partial charge in [0.15, 0.2) is 0 Å². The van der Waals surface area contributed by atoms with Gasteiger partial charge in [-0.15, -0.1) is 0 Å². The maximum atomic E-state index is 14.1. The van der Waals surface area contributed by atoms with E-state index in [0.29, 0.717) is 0 Å². The molecule has 5 heteroatoms. The van der Waals surface area contributed by atoms with Gasteiger partial charge in [-0.2, -0.15) is 0 Å². The molecule has 0 saturated carbocycles. The lowest BCUT2D eigenvalue weighted by atomic mass is 9.67. The summed E-state index contributed by atoms with van der Waals surface area (Å²) >= 11 is 0. The molecule has 0 amide bonds. The van der Waals surface area contributed by atoms with Crippen LogP contribution in [0.3, 0.4) is 0 Å². The fourth-order valence-electron chi connectivity index (χ4n) is 2.41. The number of esters is 1. The number of rotatable bonds is 2. The van der Waals surface area contributed by atoms with Gasteiger partial charge in [0.1, 0.15) is 12.0 Å². The van der Waals surface area contributed by atoms with Crippen LogP contribution in [0.25, 0.3) is 0 Å². The highest BCUT2D eigenvalue weighted by atomic mass is 19.3. The quantitative estimate of drug-likeness (QED) is 0.707. The molecule has 0 radical (unpaired) electrons. The number of carbonyl (C=O) groups excluding carboxylic acids is 1. The molecule has 0 spiro atoms. The Kier molecular flexibility index (Phi) is 3.81. The molecule has 0 aliphatic carbocycles. The Balaban J connectivity index is 3.12. The molecular weight excluding hydrogens is 230 g/mol. The van der Waals surface area contributed by atoms with Crippen LogP contribution < -0.4 is 0 Å². The summed E-state index contributed by atoms with van der Waals surface area (Å²) in [7, 11) is 1.15. The lowest BCUT2D eigenvalue weighted by Gasteiger charge is -2.44. The summed E-state index contributed by atoms with van der Waals surface area (Å²) < 4.78 is 37.5. The molecule has 1 fully saturated rings. The molecule has 17 heavy (non-hydrogen) atoms. The Hall–Kier alpha value is -0.710. The number of alkyl halides is 2. The topological polar surface area (TPSA) is 35.5 Å². The van der Waals surface area contributed by atoms with Gasteiger partial charge < -0.3 is 9.47 Å². The molecule has 1 atom stereocenters. The Bertz CT molecular complexity index is 297. The zero-order chi connectivity index (χ0) is 13.3. The van der Waals surface area contributed by atoms with Crippen molar-refractivity contribution in [3.8, 4) is 0 Å². The molecule has 1 unspecified atom stereocenters. The fraction of sp³-hybridized carbons (Fsp3) is 0.917. The van der Waals surface area contributed by atoms with Crippen LogP contribution in [0.1, 0.15) is 33.6 Å². The van der Waals surface area contributed by atoms with Crippen molar-refractivity contribution < 1.29 is 23.0 Å². The third kappa shape index (κ3) is 2.76. The van der Waals surface area contributed by atoms with Crippen molar-refractivity contribution in [3.05, 3.63) is 0 Å². The maximum absolute atomic E-state index is 14.1. The second-order valence-electron chi connectivity index (χ2n) is 5.82. The predicted molar refractivity (Wildman–Crippen MR) is 58.9 cm³/mol. The summed E-state index contributed by atoms with van der Waals surface area (Å²) in [6.07, 6.45) is 0.0903. The van der Waals surface area contributed by atoms with Gasteiger partial charge in [-0.3, -0.25) is 4.79 Å². The van der Waals surface area contributed by atoms with Crippen LogP contribution in [-0.2, 0) is 14.3 Å². The Labute approximate surface area is 100 Å². The first-order valence-corrected chi connectivity index (χ1v) is 5.69. The fourth-order valence-corrected chi connectivity index (χ4v) is 2.41. The molecule has 3 nitrogen and oxygen atoms in total. The molecule has 100 valence electrons. The van der Waals surface area contributed by atoms with Gasteiger partial charge >= 0.3 is 5.97 Å². The Morgan fingerprint density at radius 3 is 2.41 bits per heavy atom. The molecule has 1 aliphatic rings. The maximum Gasteiger partial charge on any atom is 0.318 e. The third-order valence-corrected chi connectivity index (χ3v) is 3.06. The second kappa shape index (κ2) is 4.52. The van der Waals surface area contributed by atoms with Crippen LogP contribution in [0, 0.1) is 10.8 Å². The van der Waals surface area contributed by atoms with Crippen molar-refractivity contribution >= 4 is 5.97 Å². The predicted octanol–water partition coefficient (Wildman–Crippen LogP) is 2.64. The summed E-state index contributed by atoms with van der Waals surface area (Å²) in [5.74, 6) is -4.01. The lowest BCUT2D eigenvalue weighted by Crippen LogP contribution is -2.56. The van der Waals surface area contributed by atoms with Crippen LogP contribution in [0.4, 0.5) is 8.78 Å². The van der Waals surface area contributed by atoms with Crippen molar-refractivity contribution in [2.75, 3.05) is 20.3 Å². The van der Waals surface area contributed by atoms with Gasteiger partial charge in [-0.1, -0.05) is 20.8 Å². The lowest BCUT2D eigenvalue weighted by molar-refractivity contribution is -0.227. The molecule has 0 N–H and O–H groups in total. The average molecular weight is 250 g/mol. The zero-order valence-corrected chi connectivity index (χ0v) is 10.8. The van der Waals surface area contributed by atoms with Crippen LogP contribution in [0.15, 0.2) is 0 Å². The highest BCUT2D eigenvalue weighted by Gasteiger charge is 2.62. The number of methoxy groups -OCH3 is 1. The van der Waals surface area contributed by atoms with Crippen molar-refractivity contribution in [1.82, 2.24) is 0 Å². The smallest absolute Gasteiger partial charge is 0.318 e. The van der Waals surface area contributed by atoms with E-state index in [-0.39, 0.29) is 24.9 Å². The van der Waals surface area contributed by atoms with Crippen LogP contribution >= 0.6 is 0 Å². The summed E-state index contributed by atoms with van der Waals surface area (Å²) in [5, 5.41) is 0. The van der Waals surface area contributed by atoms with E-state index in [1.54, 1.807) is 0 Å². The Morgan fingerprint density at radius 2 is 2.00 bits per heavy atom. The van der Waals surface area contributed by atoms with E-state index in [2.05, 4.69) is 4.74 Å². The summed E-state index contributed by atoms with van der Waals surface area (Å²) in [4.78, 5) is 11.8. The van der Waals surface area contributed by atoms with E-state index in [4.69, 9.17) is 4.74 Å². The van der Waals surface area contributed by atoms with Gasteiger partial charge in [0.2, 0.25) is 0 Å². The molecule has 1 saturated heterocycles. The van der Waals surface area contributed by atoms with Crippen molar-refractivity contribution in [2.45, 2.75) is 39.5 Å². The summed E-state index contributed by atoms with van der Waals surface area (Å²) in [6, 6.07) is 0. The SMILES string of the molecule is COC(=O)C1(CC(C)(C)C)CCOCC1(F)F. The first-order chi connectivity index (χ1) is 7.65. The van der Waals surface area contributed by atoms with Crippen LogP contribution in [-0.4, -0.2) is 32.2 Å². The minimum absolute atomic E-state index is 0.00391. The van der Waals surface area contributed by atoms with Crippen molar-refractivity contribution in [2.24, 2.45) is 10.8 Å². The average Bonchev–Trinajstić information content (AvgIpc) is 2.18. The minimum atomic E-state index is -3.17. The normalized spacial score (nSPS) is 28.8. The molecular formula is C12H20F2O3. The first kappa shape index (κ1) is 14.4. The summed E-state index contributed by atoms with van der Waals surface area (Å²) in [6.45, 7) is 4.97. The zero-order valence-electron chi connectivity index (χ0n) is 10.8. The largest absolute Gasteiger partial charge is 0.468 e. The standard InChI is InChI=1S/C12H20F2O3/c1-10(2,3)7-11(9(15)16-4)5-6-17-8-12(11,13)14/h5-8H2,1-4H3. The van der Waals surface area contributed by atoms with Gasteiger partial charge in [0.25, 0.3) is 5.92 Å². The number of ether oxygens (including phenoxy) is 2. The van der Waals surface area contributed by atoms with E-state index < -0.39 is 23.9 Å². The first-order valence-electron chi connectivity index (χ1n) is 5.69. The molecule has 0 aromatic carbocycles. The Morgan fingerprint density at radius 1 is 1.41 bits per heavy atom. The van der Waals surface area contributed by atoms with E-state index in [1.807, 2.05) is 20.8 Å².